The first kappa shape index (κ1) is 12.1. The van der Waals surface area contributed by atoms with Gasteiger partial charge in [-0.05, 0) is 31.4 Å². The molecule has 2 aliphatic rings. The lowest BCUT2D eigenvalue weighted by molar-refractivity contribution is -0.141. The van der Waals surface area contributed by atoms with Crippen LogP contribution < -0.4 is 0 Å². The Balaban J connectivity index is 1.88. The van der Waals surface area contributed by atoms with Crippen LogP contribution in [0.15, 0.2) is 6.20 Å². The van der Waals surface area contributed by atoms with Crippen LogP contribution >= 0.6 is 11.8 Å². The van der Waals surface area contributed by atoms with Crippen LogP contribution in [-0.2, 0) is 11.2 Å². The number of carboxylic acid groups (broad SMARTS) is 1. The van der Waals surface area contributed by atoms with Gasteiger partial charge in [0.25, 0.3) is 0 Å². The minimum Gasteiger partial charge on any atom is -0.480 e. The number of imidazole rings is 1. The normalized spacial score (nSPS) is 27.8. The van der Waals surface area contributed by atoms with Crippen molar-refractivity contribution in [2.75, 3.05) is 5.75 Å². The van der Waals surface area contributed by atoms with Gasteiger partial charge in [0, 0.05) is 17.9 Å². The number of aromatic nitrogens is 2. The molecule has 1 aromatic rings. The number of aliphatic carboxylic acids is 1. The smallest absolute Gasteiger partial charge is 0.326 e. The molecular weight excluding hydrogens is 248 g/mol. The van der Waals surface area contributed by atoms with Gasteiger partial charge < -0.3 is 9.67 Å². The third kappa shape index (κ3) is 2.16. The Morgan fingerprint density at radius 2 is 2.28 bits per heavy atom. The third-order valence-corrected chi connectivity index (χ3v) is 5.24. The maximum absolute atomic E-state index is 11.2. The lowest BCUT2D eigenvalue weighted by Gasteiger charge is -2.21. The summed E-state index contributed by atoms with van der Waals surface area (Å²) in [6.07, 6.45) is 8.33. The van der Waals surface area contributed by atoms with E-state index < -0.39 is 12.0 Å². The average molecular weight is 266 g/mol. The maximum Gasteiger partial charge on any atom is 0.326 e. The highest BCUT2D eigenvalue weighted by Gasteiger charge is 2.29. The molecule has 1 N–H and O–H groups in total. The first-order valence-electron chi connectivity index (χ1n) is 6.68. The van der Waals surface area contributed by atoms with Crippen LogP contribution in [0, 0.1) is 0 Å². The molecule has 3 heterocycles. The largest absolute Gasteiger partial charge is 0.480 e. The molecule has 0 bridgehead atoms. The van der Waals surface area contributed by atoms with E-state index in [2.05, 4.69) is 4.98 Å². The number of carbonyl (C=O) groups is 1. The minimum absolute atomic E-state index is 0.399. The Labute approximate surface area is 111 Å². The van der Waals surface area contributed by atoms with Crippen LogP contribution in [0.4, 0.5) is 0 Å². The summed E-state index contributed by atoms with van der Waals surface area (Å²) in [6, 6.07) is -0.399. The van der Waals surface area contributed by atoms with E-state index in [1.165, 1.54) is 25.0 Å². The van der Waals surface area contributed by atoms with Gasteiger partial charge in [-0.25, -0.2) is 9.78 Å². The van der Waals surface area contributed by atoms with Crippen molar-refractivity contribution in [3.8, 4) is 0 Å². The first-order valence-corrected chi connectivity index (χ1v) is 7.72. The number of hydrogen-bond acceptors (Lipinski definition) is 3. The molecule has 0 amide bonds. The van der Waals surface area contributed by atoms with Crippen LogP contribution in [0.25, 0.3) is 0 Å². The summed E-state index contributed by atoms with van der Waals surface area (Å²) in [5.41, 5.74) is 1.10. The second-order valence-corrected chi connectivity index (χ2v) is 6.40. The minimum atomic E-state index is -0.726. The van der Waals surface area contributed by atoms with Gasteiger partial charge >= 0.3 is 5.97 Å². The van der Waals surface area contributed by atoms with Crippen molar-refractivity contribution in [3.63, 3.8) is 0 Å². The summed E-state index contributed by atoms with van der Waals surface area (Å²) in [7, 11) is 0. The number of fused-ring (bicyclic) bond motifs is 1. The molecule has 5 heteroatoms. The van der Waals surface area contributed by atoms with Gasteiger partial charge in [-0.3, -0.25) is 0 Å². The van der Waals surface area contributed by atoms with Crippen molar-refractivity contribution in [3.05, 3.63) is 17.7 Å². The van der Waals surface area contributed by atoms with E-state index in [-0.39, 0.29) is 0 Å². The fourth-order valence-corrected chi connectivity index (χ4v) is 4.14. The molecule has 2 aliphatic heterocycles. The maximum atomic E-state index is 11.2. The van der Waals surface area contributed by atoms with Crippen molar-refractivity contribution < 1.29 is 9.90 Å². The van der Waals surface area contributed by atoms with Crippen molar-refractivity contribution in [2.24, 2.45) is 0 Å². The quantitative estimate of drug-likeness (QED) is 0.894. The van der Waals surface area contributed by atoms with Gasteiger partial charge in [0.05, 0.1) is 5.69 Å². The van der Waals surface area contributed by atoms with Crippen LogP contribution in [0.1, 0.15) is 54.9 Å². The number of aryl methyl sites for hydroxylation is 1. The summed E-state index contributed by atoms with van der Waals surface area (Å²) in [5, 5.41) is 9.73. The Kier molecular flexibility index (Phi) is 3.33. The number of nitrogens with zero attached hydrogens (tertiary/aromatic N) is 2. The summed E-state index contributed by atoms with van der Waals surface area (Å²) in [5.74, 6) is 1.45. The average Bonchev–Trinajstić information content (AvgIpc) is 2.83. The Hall–Kier alpha value is -0.970. The molecule has 0 saturated carbocycles. The number of rotatable bonds is 2. The highest BCUT2D eigenvalue weighted by atomic mass is 32.2. The molecule has 2 atom stereocenters. The SMILES string of the molecule is O=C(O)C1CCCc2nc(C3CCCCS3)cn21. The third-order valence-electron chi connectivity index (χ3n) is 3.84. The number of carboxylic acids is 1. The molecule has 0 aromatic carbocycles. The number of thioether (sulfide) groups is 1. The highest BCUT2D eigenvalue weighted by Crippen LogP contribution is 2.39. The molecule has 0 spiro atoms. The summed E-state index contributed by atoms with van der Waals surface area (Å²) in [4.78, 5) is 15.9. The van der Waals surface area contributed by atoms with E-state index in [1.807, 2.05) is 22.5 Å². The second kappa shape index (κ2) is 4.96. The van der Waals surface area contributed by atoms with E-state index in [9.17, 15) is 9.90 Å². The molecule has 1 fully saturated rings. The lowest BCUT2D eigenvalue weighted by Crippen LogP contribution is -2.24. The van der Waals surface area contributed by atoms with E-state index >= 15 is 0 Å². The van der Waals surface area contributed by atoms with E-state index in [1.54, 1.807) is 0 Å². The summed E-state index contributed by atoms with van der Waals surface area (Å²) in [6.45, 7) is 0. The molecule has 0 aliphatic carbocycles. The molecule has 4 nitrogen and oxygen atoms in total. The van der Waals surface area contributed by atoms with Crippen LogP contribution in [-0.4, -0.2) is 26.4 Å². The molecular formula is C13H18N2O2S. The fourth-order valence-electron chi connectivity index (χ4n) is 2.87. The van der Waals surface area contributed by atoms with E-state index in [4.69, 9.17) is 0 Å². The zero-order valence-corrected chi connectivity index (χ0v) is 11.2. The van der Waals surface area contributed by atoms with Crippen molar-refractivity contribution in [1.82, 2.24) is 9.55 Å². The Morgan fingerprint density at radius 3 is 3.00 bits per heavy atom. The molecule has 1 aromatic heterocycles. The molecule has 0 radical (unpaired) electrons. The van der Waals surface area contributed by atoms with E-state index in [0.717, 1.165) is 30.8 Å². The van der Waals surface area contributed by atoms with Crippen molar-refractivity contribution in [1.29, 1.82) is 0 Å². The van der Waals surface area contributed by atoms with Crippen LogP contribution in [0.2, 0.25) is 0 Å². The van der Waals surface area contributed by atoms with Gasteiger partial charge in [-0.1, -0.05) is 6.42 Å². The molecule has 3 rings (SSSR count). The summed E-state index contributed by atoms with van der Waals surface area (Å²) < 4.78 is 1.90. The van der Waals surface area contributed by atoms with Gasteiger partial charge in [-0.2, -0.15) is 11.8 Å². The molecule has 98 valence electrons. The lowest BCUT2D eigenvalue weighted by atomic mass is 10.1. The van der Waals surface area contributed by atoms with Gasteiger partial charge in [0.1, 0.15) is 11.9 Å². The van der Waals surface area contributed by atoms with Gasteiger partial charge in [0.15, 0.2) is 0 Å². The van der Waals surface area contributed by atoms with Crippen LogP contribution in [0.3, 0.4) is 0 Å². The first-order chi connectivity index (χ1) is 8.75. The predicted molar refractivity (Wildman–Crippen MR) is 70.9 cm³/mol. The molecule has 2 unspecified atom stereocenters. The summed E-state index contributed by atoms with van der Waals surface area (Å²) >= 11 is 1.97. The zero-order valence-electron chi connectivity index (χ0n) is 10.3. The Morgan fingerprint density at radius 1 is 1.39 bits per heavy atom. The molecule has 1 saturated heterocycles. The standard InChI is InChI=1S/C13H18N2O2S/c16-13(17)10-4-3-6-12-14-9(8-15(10)12)11-5-1-2-7-18-11/h8,10-11H,1-7H2,(H,16,17). The predicted octanol–water partition coefficient (Wildman–Crippen LogP) is 2.80. The topological polar surface area (TPSA) is 55.1 Å². The second-order valence-electron chi connectivity index (χ2n) is 5.09. The van der Waals surface area contributed by atoms with Crippen LogP contribution in [0.5, 0.6) is 0 Å². The fraction of sp³-hybridized carbons (Fsp3) is 0.692. The van der Waals surface area contributed by atoms with Crippen molar-refractivity contribution in [2.45, 2.75) is 49.8 Å². The van der Waals surface area contributed by atoms with Crippen molar-refractivity contribution >= 4 is 17.7 Å². The number of hydrogen-bond donors (Lipinski definition) is 1. The monoisotopic (exact) mass is 266 g/mol. The van der Waals surface area contributed by atoms with E-state index in [0.29, 0.717) is 5.25 Å². The van der Waals surface area contributed by atoms with Gasteiger partial charge in [0.2, 0.25) is 0 Å². The molecule has 18 heavy (non-hydrogen) atoms. The highest BCUT2D eigenvalue weighted by molar-refractivity contribution is 7.99. The Bertz CT molecular complexity index is 452. The zero-order chi connectivity index (χ0) is 12.5. The van der Waals surface area contributed by atoms with Gasteiger partial charge in [-0.15, -0.1) is 0 Å².